The first-order valence-corrected chi connectivity index (χ1v) is 4.73. The molecule has 1 aromatic heterocycles. The molecule has 0 fully saturated rings. The molecule has 0 aliphatic rings. The smallest absolute Gasteiger partial charge is 0.228 e. The number of aliphatic hydroxyl groups excluding tert-OH is 1. The largest absolute Gasteiger partial charge is 0.488 e. The van der Waals surface area contributed by atoms with Crippen LogP contribution in [0.3, 0.4) is 0 Å². The van der Waals surface area contributed by atoms with Crippen LogP contribution >= 0.6 is 0 Å². The van der Waals surface area contributed by atoms with E-state index in [-0.39, 0.29) is 17.8 Å². The van der Waals surface area contributed by atoms with Crippen LogP contribution in [0.4, 0.5) is 0 Å². The third-order valence-electron chi connectivity index (χ3n) is 1.91. The fourth-order valence-corrected chi connectivity index (χ4v) is 1.06. The lowest BCUT2D eigenvalue weighted by atomic mass is 10.3. The molecule has 0 radical (unpaired) electrons. The first kappa shape index (κ1) is 10.8. The van der Waals surface area contributed by atoms with Crippen molar-refractivity contribution in [2.45, 2.75) is 26.4 Å². The second kappa shape index (κ2) is 5.44. The van der Waals surface area contributed by atoms with E-state index in [2.05, 4.69) is 11.9 Å². The van der Waals surface area contributed by atoms with E-state index >= 15 is 0 Å². The van der Waals surface area contributed by atoms with Crippen LogP contribution in [0.1, 0.15) is 25.3 Å². The molecule has 0 aliphatic carbocycles. The Morgan fingerprint density at radius 2 is 2.29 bits per heavy atom. The third-order valence-corrected chi connectivity index (χ3v) is 1.91. The number of hydrogen-bond acceptors (Lipinski definition) is 3. The number of H-pyrrole nitrogens is 1. The van der Waals surface area contributed by atoms with Gasteiger partial charge < -0.3 is 14.8 Å². The Balaban J connectivity index is 2.72. The molecule has 0 unspecified atom stereocenters. The summed E-state index contributed by atoms with van der Waals surface area (Å²) in [6.45, 7) is 2.33. The molecule has 0 amide bonds. The Labute approximate surface area is 82.5 Å². The van der Waals surface area contributed by atoms with Crippen LogP contribution in [0.2, 0.25) is 0 Å². The predicted octanol–water partition coefficient (Wildman–Crippen LogP) is 1.05. The van der Waals surface area contributed by atoms with E-state index < -0.39 is 0 Å². The topological polar surface area (TPSA) is 62.3 Å². The zero-order valence-corrected chi connectivity index (χ0v) is 8.25. The number of pyridine rings is 1. The summed E-state index contributed by atoms with van der Waals surface area (Å²) in [6, 6.07) is 0. The minimum atomic E-state index is -0.264. The number of rotatable bonds is 5. The Morgan fingerprint density at radius 3 is 2.93 bits per heavy atom. The highest BCUT2D eigenvalue weighted by molar-refractivity contribution is 5.23. The predicted molar refractivity (Wildman–Crippen MR) is 53.4 cm³/mol. The summed E-state index contributed by atoms with van der Waals surface area (Å²) in [7, 11) is 0. The number of aliphatic hydroxyl groups is 1. The van der Waals surface area contributed by atoms with Crippen LogP contribution in [-0.2, 0) is 6.61 Å². The van der Waals surface area contributed by atoms with E-state index in [0.29, 0.717) is 12.2 Å². The van der Waals surface area contributed by atoms with Crippen molar-refractivity contribution in [2.24, 2.45) is 0 Å². The summed E-state index contributed by atoms with van der Waals surface area (Å²) in [5.41, 5.74) is 0.0985. The van der Waals surface area contributed by atoms with Gasteiger partial charge in [-0.3, -0.25) is 4.79 Å². The molecule has 4 nitrogen and oxygen atoms in total. The van der Waals surface area contributed by atoms with Crippen LogP contribution in [0.5, 0.6) is 5.75 Å². The standard InChI is InChI=1S/C10H15NO3/c1-2-3-4-14-9-6-11-5-8(7-12)10(9)13/h5-6,12H,2-4,7H2,1H3,(H,11,13). The van der Waals surface area contributed by atoms with Gasteiger partial charge in [0.25, 0.3) is 0 Å². The number of nitrogens with one attached hydrogen (secondary N) is 1. The minimum absolute atomic E-state index is 0.234. The molecule has 0 aliphatic heterocycles. The van der Waals surface area contributed by atoms with Crippen molar-refractivity contribution in [1.82, 2.24) is 4.98 Å². The van der Waals surface area contributed by atoms with Crippen molar-refractivity contribution >= 4 is 0 Å². The van der Waals surface area contributed by atoms with Crippen molar-refractivity contribution in [1.29, 1.82) is 0 Å². The van der Waals surface area contributed by atoms with Gasteiger partial charge in [-0.2, -0.15) is 0 Å². The summed E-state index contributed by atoms with van der Waals surface area (Å²) in [4.78, 5) is 14.3. The minimum Gasteiger partial charge on any atom is -0.488 e. The van der Waals surface area contributed by atoms with Gasteiger partial charge in [-0.25, -0.2) is 0 Å². The maximum Gasteiger partial charge on any atom is 0.228 e. The molecule has 0 bridgehead atoms. The summed E-state index contributed by atoms with van der Waals surface area (Å²) >= 11 is 0. The van der Waals surface area contributed by atoms with Gasteiger partial charge in [0.05, 0.1) is 13.2 Å². The number of ether oxygens (including phenoxy) is 1. The van der Waals surface area contributed by atoms with Crippen molar-refractivity contribution < 1.29 is 9.84 Å². The molecule has 14 heavy (non-hydrogen) atoms. The molecule has 0 saturated carbocycles. The van der Waals surface area contributed by atoms with E-state index in [1.54, 1.807) is 0 Å². The summed E-state index contributed by atoms with van der Waals surface area (Å²) in [5.74, 6) is 0.282. The van der Waals surface area contributed by atoms with Gasteiger partial charge in [-0.05, 0) is 6.42 Å². The molecule has 1 rings (SSSR count). The third kappa shape index (κ3) is 2.60. The van der Waals surface area contributed by atoms with Gasteiger partial charge in [0, 0.05) is 18.0 Å². The SMILES string of the molecule is CCCCOc1c[nH]cc(CO)c1=O. The quantitative estimate of drug-likeness (QED) is 0.693. The monoisotopic (exact) mass is 197 g/mol. The lowest BCUT2D eigenvalue weighted by Gasteiger charge is -2.04. The molecule has 0 spiro atoms. The van der Waals surface area contributed by atoms with Crippen LogP contribution in [-0.4, -0.2) is 16.7 Å². The first-order chi connectivity index (χ1) is 6.79. The van der Waals surface area contributed by atoms with Crippen molar-refractivity contribution in [3.63, 3.8) is 0 Å². The Hall–Kier alpha value is -1.29. The fraction of sp³-hybridized carbons (Fsp3) is 0.500. The number of hydrogen-bond donors (Lipinski definition) is 2. The van der Waals surface area contributed by atoms with Crippen LogP contribution in [0.25, 0.3) is 0 Å². The maximum atomic E-state index is 11.5. The van der Waals surface area contributed by atoms with Gasteiger partial charge in [-0.15, -0.1) is 0 Å². The highest BCUT2D eigenvalue weighted by Gasteiger charge is 2.04. The summed E-state index contributed by atoms with van der Waals surface area (Å²) < 4.78 is 5.26. The second-order valence-electron chi connectivity index (χ2n) is 3.03. The van der Waals surface area contributed by atoms with Crippen LogP contribution in [0.15, 0.2) is 17.2 Å². The van der Waals surface area contributed by atoms with E-state index in [0.717, 1.165) is 12.8 Å². The first-order valence-electron chi connectivity index (χ1n) is 4.73. The Kier molecular flexibility index (Phi) is 4.19. The normalized spacial score (nSPS) is 10.1. The van der Waals surface area contributed by atoms with Crippen molar-refractivity contribution in [3.8, 4) is 5.75 Å². The highest BCUT2D eigenvalue weighted by atomic mass is 16.5. The molecule has 2 N–H and O–H groups in total. The number of aromatic nitrogens is 1. The fourth-order valence-electron chi connectivity index (χ4n) is 1.06. The molecule has 4 heteroatoms. The molecule has 1 aromatic rings. The van der Waals surface area contributed by atoms with Crippen molar-refractivity contribution in [3.05, 3.63) is 28.2 Å². The molecule has 78 valence electrons. The maximum absolute atomic E-state index is 11.5. The summed E-state index contributed by atoms with van der Waals surface area (Å²) in [6.07, 6.45) is 4.94. The lowest BCUT2D eigenvalue weighted by Crippen LogP contribution is -2.13. The van der Waals surface area contributed by atoms with Crippen molar-refractivity contribution in [2.75, 3.05) is 6.61 Å². The van der Waals surface area contributed by atoms with E-state index in [9.17, 15) is 4.79 Å². The summed E-state index contributed by atoms with van der Waals surface area (Å²) in [5, 5.41) is 8.84. The molecule has 0 aromatic carbocycles. The van der Waals surface area contributed by atoms with E-state index in [1.165, 1.54) is 12.4 Å². The zero-order valence-electron chi connectivity index (χ0n) is 8.25. The van der Waals surface area contributed by atoms with Gasteiger partial charge in [0.2, 0.25) is 5.43 Å². The van der Waals surface area contributed by atoms with E-state index in [4.69, 9.17) is 9.84 Å². The zero-order chi connectivity index (χ0) is 10.4. The average molecular weight is 197 g/mol. The number of unbranched alkanes of at least 4 members (excludes halogenated alkanes) is 1. The van der Waals surface area contributed by atoms with Crippen LogP contribution in [0, 0.1) is 0 Å². The van der Waals surface area contributed by atoms with E-state index in [1.807, 2.05) is 0 Å². The lowest BCUT2D eigenvalue weighted by molar-refractivity contribution is 0.275. The second-order valence-corrected chi connectivity index (χ2v) is 3.03. The molecular formula is C10H15NO3. The molecule has 0 atom stereocenters. The van der Waals surface area contributed by atoms with Gasteiger partial charge in [0.15, 0.2) is 5.75 Å². The Bertz CT molecular complexity index is 332. The van der Waals surface area contributed by atoms with Gasteiger partial charge in [0.1, 0.15) is 0 Å². The van der Waals surface area contributed by atoms with Gasteiger partial charge in [-0.1, -0.05) is 13.3 Å². The highest BCUT2D eigenvalue weighted by Crippen LogP contribution is 2.03. The van der Waals surface area contributed by atoms with Crippen LogP contribution < -0.4 is 10.2 Å². The Morgan fingerprint density at radius 1 is 1.50 bits per heavy atom. The average Bonchev–Trinajstić information content (AvgIpc) is 2.21. The number of aromatic amines is 1. The molecule has 1 heterocycles. The van der Waals surface area contributed by atoms with Gasteiger partial charge >= 0.3 is 0 Å². The molecular weight excluding hydrogens is 182 g/mol. The molecule has 0 saturated heterocycles.